The van der Waals surface area contributed by atoms with Crippen molar-refractivity contribution in [3.63, 3.8) is 0 Å². The topological polar surface area (TPSA) is 70.6 Å². The highest BCUT2D eigenvalue weighted by Crippen LogP contribution is 2.28. The van der Waals surface area contributed by atoms with E-state index in [1.54, 1.807) is 12.3 Å². The van der Waals surface area contributed by atoms with E-state index in [0.29, 0.717) is 11.6 Å². The second-order valence-corrected chi connectivity index (χ2v) is 6.55. The second kappa shape index (κ2) is 7.36. The lowest BCUT2D eigenvalue weighted by molar-refractivity contribution is 0.474. The molecular formula is C20H20N6. The van der Waals surface area contributed by atoms with Crippen molar-refractivity contribution in [2.75, 3.05) is 18.0 Å². The first-order valence-electron chi connectivity index (χ1n) is 8.85. The minimum Gasteiger partial charge on any atom is -0.356 e. The van der Waals surface area contributed by atoms with Gasteiger partial charge < -0.3 is 9.47 Å². The molecule has 0 saturated carbocycles. The summed E-state index contributed by atoms with van der Waals surface area (Å²) in [5.74, 6) is 2.33. The van der Waals surface area contributed by atoms with Crippen molar-refractivity contribution in [2.24, 2.45) is 0 Å². The highest BCUT2D eigenvalue weighted by molar-refractivity contribution is 5.42. The second-order valence-electron chi connectivity index (χ2n) is 6.55. The minimum atomic E-state index is 0.350. The molecule has 0 bridgehead atoms. The lowest BCUT2D eigenvalue weighted by Crippen LogP contribution is -2.36. The largest absolute Gasteiger partial charge is 0.356 e. The molecule has 0 radical (unpaired) electrons. The van der Waals surface area contributed by atoms with Crippen molar-refractivity contribution in [3.8, 4) is 6.07 Å². The van der Waals surface area contributed by atoms with Gasteiger partial charge in [0.1, 0.15) is 23.4 Å². The van der Waals surface area contributed by atoms with Crippen LogP contribution in [0.4, 0.5) is 5.82 Å². The minimum absolute atomic E-state index is 0.350. The van der Waals surface area contributed by atoms with Crippen molar-refractivity contribution >= 4 is 5.82 Å². The number of nitrogens with zero attached hydrogens (tertiary/aromatic N) is 6. The Morgan fingerprint density at radius 3 is 3.00 bits per heavy atom. The molecule has 1 atom stereocenters. The molecule has 6 heteroatoms. The summed E-state index contributed by atoms with van der Waals surface area (Å²) in [5.41, 5.74) is 1.63. The number of hydrogen-bond donors (Lipinski definition) is 0. The average molecular weight is 344 g/mol. The lowest BCUT2D eigenvalue weighted by Gasteiger charge is -2.33. The zero-order valence-corrected chi connectivity index (χ0v) is 14.5. The third-order valence-corrected chi connectivity index (χ3v) is 4.78. The first-order chi connectivity index (χ1) is 12.8. The summed E-state index contributed by atoms with van der Waals surface area (Å²) < 4.78 is 2.21. The highest BCUT2D eigenvalue weighted by atomic mass is 15.2. The fraction of sp³-hybridized carbons (Fsp3) is 0.300. The van der Waals surface area contributed by atoms with E-state index in [1.165, 1.54) is 5.56 Å². The van der Waals surface area contributed by atoms with Crippen LogP contribution in [0.1, 0.15) is 35.8 Å². The van der Waals surface area contributed by atoms with Crippen molar-refractivity contribution in [1.82, 2.24) is 19.5 Å². The van der Waals surface area contributed by atoms with Gasteiger partial charge >= 0.3 is 0 Å². The molecule has 0 aromatic carbocycles. The van der Waals surface area contributed by atoms with Gasteiger partial charge in [0.15, 0.2) is 0 Å². The maximum Gasteiger partial charge on any atom is 0.142 e. The van der Waals surface area contributed by atoms with Crippen LogP contribution in [-0.2, 0) is 6.54 Å². The normalized spacial score (nSPS) is 17.0. The number of nitriles is 1. The van der Waals surface area contributed by atoms with Gasteiger partial charge in [-0.3, -0.25) is 4.98 Å². The molecule has 1 saturated heterocycles. The molecule has 6 nitrogen and oxygen atoms in total. The number of pyridine rings is 2. The fourth-order valence-corrected chi connectivity index (χ4v) is 3.56. The summed E-state index contributed by atoms with van der Waals surface area (Å²) >= 11 is 0. The molecular weight excluding hydrogens is 324 g/mol. The number of hydrogen-bond acceptors (Lipinski definition) is 5. The number of aromatic nitrogens is 4. The van der Waals surface area contributed by atoms with Gasteiger partial charge in [0.25, 0.3) is 0 Å². The van der Waals surface area contributed by atoms with Gasteiger partial charge in [-0.2, -0.15) is 5.26 Å². The monoisotopic (exact) mass is 344 g/mol. The summed E-state index contributed by atoms with van der Waals surface area (Å²) in [6.45, 7) is 2.61. The summed E-state index contributed by atoms with van der Waals surface area (Å²) in [7, 11) is 0. The third-order valence-electron chi connectivity index (χ3n) is 4.78. The van der Waals surface area contributed by atoms with Crippen LogP contribution in [-0.4, -0.2) is 32.6 Å². The van der Waals surface area contributed by atoms with Crippen LogP contribution in [0.3, 0.4) is 0 Å². The van der Waals surface area contributed by atoms with Gasteiger partial charge in [-0.15, -0.1) is 0 Å². The van der Waals surface area contributed by atoms with E-state index < -0.39 is 0 Å². The Kier molecular flexibility index (Phi) is 4.61. The fourth-order valence-electron chi connectivity index (χ4n) is 3.56. The maximum atomic E-state index is 9.09. The van der Waals surface area contributed by atoms with Crippen molar-refractivity contribution < 1.29 is 0 Å². The van der Waals surface area contributed by atoms with Gasteiger partial charge in [0, 0.05) is 43.8 Å². The summed E-state index contributed by atoms with van der Waals surface area (Å²) in [4.78, 5) is 15.6. The molecule has 4 rings (SSSR count). The predicted molar refractivity (Wildman–Crippen MR) is 98.7 cm³/mol. The van der Waals surface area contributed by atoms with Crippen molar-refractivity contribution in [3.05, 3.63) is 72.2 Å². The Labute approximate surface area is 152 Å². The molecule has 3 aromatic heterocycles. The summed E-state index contributed by atoms with van der Waals surface area (Å²) in [6.07, 6.45) is 9.80. The zero-order chi connectivity index (χ0) is 17.8. The van der Waals surface area contributed by atoms with E-state index in [4.69, 9.17) is 5.26 Å². The quantitative estimate of drug-likeness (QED) is 0.728. The summed E-state index contributed by atoms with van der Waals surface area (Å²) in [6, 6.07) is 11.8. The van der Waals surface area contributed by atoms with E-state index >= 15 is 0 Å². The highest BCUT2D eigenvalue weighted by Gasteiger charge is 2.25. The smallest absolute Gasteiger partial charge is 0.142 e. The van der Waals surface area contributed by atoms with Crippen LogP contribution in [0.15, 0.2) is 55.1 Å². The summed E-state index contributed by atoms with van der Waals surface area (Å²) in [5, 5.41) is 9.09. The molecule has 1 aliphatic heterocycles. The van der Waals surface area contributed by atoms with E-state index in [-0.39, 0.29) is 0 Å². The molecule has 1 fully saturated rings. The van der Waals surface area contributed by atoms with Crippen LogP contribution in [0, 0.1) is 11.3 Å². The lowest BCUT2D eigenvalue weighted by atomic mass is 9.97. The number of rotatable bonds is 4. The first-order valence-corrected chi connectivity index (χ1v) is 8.85. The molecule has 0 spiro atoms. The van der Waals surface area contributed by atoms with E-state index in [0.717, 1.165) is 44.1 Å². The Morgan fingerprint density at radius 1 is 1.19 bits per heavy atom. The number of anilines is 1. The molecule has 0 N–H and O–H groups in total. The molecule has 3 aromatic rings. The number of piperidine rings is 1. The van der Waals surface area contributed by atoms with Gasteiger partial charge in [-0.25, -0.2) is 9.97 Å². The molecule has 26 heavy (non-hydrogen) atoms. The predicted octanol–water partition coefficient (Wildman–Crippen LogP) is 2.98. The van der Waals surface area contributed by atoms with E-state index in [2.05, 4.69) is 36.6 Å². The zero-order valence-electron chi connectivity index (χ0n) is 14.5. The van der Waals surface area contributed by atoms with Gasteiger partial charge in [-0.05, 0) is 36.6 Å². The standard InChI is InChI=1S/C20H20N6/c21-12-18-6-1-7-19(24-18)25-10-3-5-17(15-25)20-23-9-11-26(20)14-16-4-2-8-22-13-16/h1-2,4,6-9,11,13,17H,3,5,10,14-15H2. The van der Waals surface area contributed by atoms with Gasteiger partial charge in [0.2, 0.25) is 0 Å². The third kappa shape index (κ3) is 3.42. The van der Waals surface area contributed by atoms with Crippen LogP contribution in [0.5, 0.6) is 0 Å². The molecule has 130 valence electrons. The van der Waals surface area contributed by atoms with E-state index in [1.807, 2.05) is 36.8 Å². The molecule has 4 heterocycles. The Morgan fingerprint density at radius 2 is 2.15 bits per heavy atom. The van der Waals surface area contributed by atoms with Gasteiger partial charge in [-0.1, -0.05) is 12.1 Å². The maximum absolute atomic E-state index is 9.09. The SMILES string of the molecule is N#Cc1cccc(N2CCCC(c3nccn3Cc3cccnc3)C2)n1. The van der Waals surface area contributed by atoms with E-state index in [9.17, 15) is 0 Å². The first kappa shape index (κ1) is 16.3. The average Bonchev–Trinajstić information content (AvgIpc) is 3.17. The Balaban J connectivity index is 1.53. The van der Waals surface area contributed by atoms with Gasteiger partial charge in [0.05, 0.1) is 6.54 Å². The van der Waals surface area contributed by atoms with Crippen LogP contribution >= 0.6 is 0 Å². The Hall–Kier alpha value is -3.20. The molecule has 1 unspecified atom stereocenters. The molecule has 0 aliphatic carbocycles. The number of imidazole rings is 1. The van der Waals surface area contributed by atoms with Crippen LogP contribution < -0.4 is 4.90 Å². The van der Waals surface area contributed by atoms with Crippen molar-refractivity contribution in [2.45, 2.75) is 25.3 Å². The Bertz CT molecular complexity index is 911. The molecule has 0 amide bonds. The van der Waals surface area contributed by atoms with Crippen LogP contribution in [0.25, 0.3) is 0 Å². The van der Waals surface area contributed by atoms with Crippen LogP contribution in [0.2, 0.25) is 0 Å². The van der Waals surface area contributed by atoms with Crippen molar-refractivity contribution in [1.29, 1.82) is 5.26 Å². The molecule has 1 aliphatic rings.